The van der Waals surface area contributed by atoms with Gasteiger partial charge < -0.3 is 10.1 Å². The fourth-order valence-electron chi connectivity index (χ4n) is 3.45. The number of benzene rings is 3. The normalized spacial score (nSPS) is 16.7. The van der Waals surface area contributed by atoms with Gasteiger partial charge in [0, 0.05) is 12.1 Å². The average molecular weight is 492 g/mol. The van der Waals surface area contributed by atoms with E-state index in [1.165, 1.54) is 30.2 Å². The van der Waals surface area contributed by atoms with Gasteiger partial charge in [0.2, 0.25) is 11.8 Å². The Hall–Kier alpha value is -3.98. The summed E-state index contributed by atoms with van der Waals surface area (Å²) in [4.78, 5) is 43.7. The third-order valence-electron chi connectivity index (χ3n) is 5.22. The summed E-state index contributed by atoms with van der Waals surface area (Å²) in [6.45, 7) is 0.282. The number of aliphatic imine (C=N–C) groups is 1. The predicted octanol–water partition coefficient (Wildman–Crippen LogP) is 4.77. The van der Waals surface area contributed by atoms with Crippen LogP contribution < -0.4 is 5.32 Å². The predicted molar refractivity (Wildman–Crippen MR) is 133 cm³/mol. The first-order chi connectivity index (χ1) is 16.9. The van der Waals surface area contributed by atoms with Crippen LogP contribution in [0.1, 0.15) is 22.3 Å². The summed E-state index contributed by atoms with van der Waals surface area (Å²) < 4.78 is 18.4. The number of thioether (sulfide) groups is 1. The van der Waals surface area contributed by atoms with Crippen molar-refractivity contribution in [3.8, 4) is 0 Å². The lowest BCUT2D eigenvalue weighted by molar-refractivity contribution is -0.129. The molecule has 0 aromatic heterocycles. The van der Waals surface area contributed by atoms with E-state index < -0.39 is 17.0 Å². The summed E-state index contributed by atoms with van der Waals surface area (Å²) in [5.41, 5.74) is 2.08. The van der Waals surface area contributed by atoms with Crippen LogP contribution in [0.15, 0.2) is 83.9 Å². The number of rotatable bonds is 6. The van der Waals surface area contributed by atoms with Crippen LogP contribution in [0.3, 0.4) is 0 Å². The fourth-order valence-corrected chi connectivity index (χ4v) is 4.55. The van der Waals surface area contributed by atoms with Crippen molar-refractivity contribution in [3.05, 3.63) is 95.8 Å². The van der Waals surface area contributed by atoms with Crippen molar-refractivity contribution in [2.45, 2.75) is 18.2 Å². The van der Waals surface area contributed by atoms with E-state index in [2.05, 4.69) is 15.0 Å². The molecule has 3 aromatic rings. The molecule has 0 radical (unpaired) electrons. The quantitative estimate of drug-likeness (QED) is 0.502. The number of amidine groups is 1. The number of carbonyl (C=O) groups excluding carboxylic acids is 3. The molecule has 1 saturated heterocycles. The molecule has 9 heteroatoms. The van der Waals surface area contributed by atoms with Crippen molar-refractivity contribution in [2.75, 3.05) is 12.4 Å². The molecule has 0 spiro atoms. The lowest BCUT2D eigenvalue weighted by atomic mass is 10.2. The third-order valence-corrected chi connectivity index (χ3v) is 6.41. The first-order valence-electron chi connectivity index (χ1n) is 10.8. The van der Waals surface area contributed by atoms with Gasteiger partial charge >= 0.3 is 5.97 Å². The minimum atomic E-state index is -0.734. The molecule has 7 nitrogen and oxygen atoms in total. The maximum atomic E-state index is 13.7. The van der Waals surface area contributed by atoms with Gasteiger partial charge in [-0.05, 0) is 48.0 Å². The summed E-state index contributed by atoms with van der Waals surface area (Å²) in [5, 5.41) is 2.36. The van der Waals surface area contributed by atoms with E-state index in [1.54, 1.807) is 30.3 Å². The molecule has 1 aliphatic heterocycles. The molecule has 0 unspecified atom stereocenters. The lowest BCUT2D eigenvalue weighted by Crippen LogP contribution is -2.44. The van der Waals surface area contributed by atoms with E-state index >= 15 is 0 Å². The number of ether oxygens (including phenoxy) is 1. The van der Waals surface area contributed by atoms with Crippen LogP contribution >= 0.6 is 11.8 Å². The molecule has 35 heavy (non-hydrogen) atoms. The number of hydrogen-bond donors (Lipinski definition) is 1. The Kier molecular flexibility index (Phi) is 7.57. The summed E-state index contributed by atoms with van der Waals surface area (Å²) in [6.07, 6.45) is -0.0221. The second-order valence-corrected chi connectivity index (χ2v) is 8.88. The number of methoxy groups -OCH3 is 1. The lowest BCUT2D eigenvalue weighted by Gasteiger charge is -2.32. The average Bonchev–Trinajstić information content (AvgIpc) is 2.86. The van der Waals surface area contributed by atoms with Gasteiger partial charge in [0.25, 0.3) is 0 Å². The second-order valence-electron chi connectivity index (χ2n) is 7.71. The molecule has 1 fully saturated rings. The number of anilines is 1. The molecule has 1 aliphatic rings. The molecule has 2 amide bonds. The molecule has 0 bridgehead atoms. The van der Waals surface area contributed by atoms with Crippen LogP contribution in [0, 0.1) is 5.82 Å². The van der Waals surface area contributed by atoms with Crippen LogP contribution in [0.2, 0.25) is 0 Å². The Morgan fingerprint density at radius 2 is 1.83 bits per heavy atom. The van der Waals surface area contributed by atoms with Crippen LogP contribution in [-0.2, 0) is 20.9 Å². The van der Waals surface area contributed by atoms with Gasteiger partial charge in [-0.3, -0.25) is 14.5 Å². The maximum absolute atomic E-state index is 13.7. The second kappa shape index (κ2) is 11.0. The highest BCUT2D eigenvalue weighted by molar-refractivity contribution is 8.15. The minimum Gasteiger partial charge on any atom is -0.465 e. The molecular formula is C26H22FN3O4S. The molecule has 1 heterocycles. The first kappa shape index (κ1) is 24.2. The van der Waals surface area contributed by atoms with E-state index in [-0.39, 0.29) is 24.8 Å². The van der Waals surface area contributed by atoms with Crippen molar-refractivity contribution in [1.29, 1.82) is 0 Å². The zero-order valence-electron chi connectivity index (χ0n) is 18.8. The molecule has 4 rings (SSSR count). The van der Waals surface area contributed by atoms with E-state index in [4.69, 9.17) is 0 Å². The van der Waals surface area contributed by atoms with Crippen molar-refractivity contribution in [3.63, 3.8) is 0 Å². The van der Waals surface area contributed by atoms with Crippen molar-refractivity contribution < 1.29 is 23.5 Å². The van der Waals surface area contributed by atoms with Gasteiger partial charge in [0.15, 0.2) is 5.17 Å². The zero-order valence-corrected chi connectivity index (χ0v) is 19.6. The zero-order chi connectivity index (χ0) is 24.8. The molecule has 1 atom stereocenters. The SMILES string of the molecule is COC(=O)c1ccc(NC(=O)[C@H]2CC(=O)N(Cc3ccccc3)C(=Nc3cccc(F)c3)S2)cc1. The topological polar surface area (TPSA) is 88.1 Å². The third kappa shape index (κ3) is 6.13. The highest BCUT2D eigenvalue weighted by Gasteiger charge is 2.36. The maximum Gasteiger partial charge on any atom is 0.337 e. The van der Waals surface area contributed by atoms with Crippen molar-refractivity contribution >= 4 is 46.1 Å². The highest BCUT2D eigenvalue weighted by Crippen LogP contribution is 2.31. The molecule has 0 saturated carbocycles. The van der Waals surface area contributed by atoms with Crippen LogP contribution in [0.25, 0.3) is 0 Å². The van der Waals surface area contributed by atoms with Gasteiger partial charge in [0.1, 0.15) is 11.1 Å². The van der Waals surface area contributed by atoms with Gasteiger partial charge in [0.05, 0.1) is 24.9 Å². The van der Waals surface area contributed by atoms with Gasteiger partial charge in [-0.25, -0.2) is 14.2 Å². The Morgan fingerprint density at radius 3 is 2.51 bits per heavy atom. The number of nitrogens with zero attached hydrogens (tertiary/aromatic N) is 2. The van der Waals surface area contributed by atoms with Crippen molar-refractivity contribution in [2.24, 2.45) is 4.99 Å². The van der Waals surface area contributed by atoms with Gasteiger partial charge in [-0.15, -0.1) is 0 Å². The Bertz CT molecular complexity index is 1270. The van der Waals surface area contributed by atoms with Gasteiger partial charge in [-0.1, -0.05) is 48.2 Å². The summed E-state index contributed by atoms with van der Waals surface area (Å²) >= 11 is 1.15. The standard InChI is InChI=1S/C26H22FN3O4S/c1-34-25(33)18-10-12-20(13-11-18)28-24(32)22-15-23(31)30(16-17-6-3-2-4-7-17)26(35-22)29-21-9-5-8-19(27)14-21/h2-14,22H,15-16H2,1H3,(H,28,32)/t22-/m1/s1. The number of esters is 1. The van der Waals surface area contributed by atoms with E-state index in [0.717, 1.165) is 17.3 Å². The van der Waals surface area contributed by atoms with E-state index in [1.807, 2.05) is 30.3 Å². The summed E-state index contributed by atoms with van der Waals surface area (Å²) in [5.74, 6) is -1.56. The molecule has 0 aliphatic carbocycles. The number of amides is 2. The Morgan fingerprint density at radius 1 is 1.09 bits per heavy atom. The fraction of sp³-hybridized carbons (Fsp3) is 0.154. The molecule has 178 valence electrons. The molecular weight excluding hydrogens is 469 g/mol. The van der Waals surface area contributed by atoms with E-state index in [9.17, 15) is 18.8 Å². The molecule has 1 N–H and O–H groups in total. The monoisotopic (exact) mass is 491 g/mol. The Labute approximate surface area is 206 Å². The van der Waals surface area contributed by atoms with Gasteiger partial charge in [-0.2, -0.15) is 0 Å². The number of carbonyl (C=O) groups is 3. The Balaban J connectivity index is 1.55. The van der Waals surface area contributed by atoms with Crippen molar-refractivity contribution in [1.82, 2.24) is 4.90 Å². The number of nitrogens with one attached hydrogen (secondary N) is 1. The summed E-state index contributed by atoms with van der Waals surface area (Å²) in [6, 6.07) is 21.4. The smallest absolute Gasteiger partial charge is 0.337 e. The molecule has 3 aromatic carbocycles. The highest BCUT2D eigenvalue weighted by atomic mass is 32.2. The van der Waals surface area contributed by atoms with Crippen LogP contribution in [0.4, 0.5) is 15.8 Å². The van der Waals surface area contributed by atoms with E-state index in [0.29, 0.717) is 22.1 Å². The van der Waals surface area contributed by atoms with Crippen LogP contribution in [0.5, 0.6) is 0 Å². The number of hydrogen-bond acceptors (Lipinski definition) is 6. The number of halogens is 1. The summed E-state index contributed by atoms with van der Waals surface area (Å²) in [7, 11) is 1.29. The minimum absolute atomic E-state index is 0.0221. The van der Waals surface area contributed by atoms with Crippen LogP contribution in [-0.4, -0.2) is 40.2 Å². The largest absolute Gasteiger partial charge is 0.465 e. The first-order valence-corrected chi connectivity index (χ1v) is 11.7.